The quantitative estimate of drug-likeness (QED) is 0.167. The van der Waals surface area contributed by atoms with E-state index in [1.54, 1.807) is 0 Å². The molecule has 1 aliphatic rings. The molecule has 35 heavy (non-hydrogen) atoms. The first-order valence-corrected chi connectivity index (χ1v) is 17.1. The molecule has 0 saturated heterocycles. The van der Waals surface area contributed by atoms with Crippen LogP contribution in [0.1, 0.15) is 207 Å². The molecule has 0 aromatic heterocycles. The molecule has 0 heteroatoms. The van der Waals surface area contributed by atoms with Crippen LogP contribution in [-0.2, 0) is 0 Å². The van der Waals surface area contributed by atoms with Crippen molar-refractivity contribution < 1.29 is 0 Å². The van der Waals surface area contributed by atoms with Gasteiger partial charge < -0.3 is 0 Å². The third-order valence-electron chi connectivity index (χ3n) is 9.69. The lowest BCUT2D eigenvalue weighted by atomic mass is 9.66. The molecule has 0 aromatic rings. The van der Waals surface area contributed by atoms with E-state index in [-0.39, 0.29) is 0 Å². The minimum Gasteiger partial charge on any atom is -0.0654 e. The molecule has 210 valence electrons. The molecule has 3 unspecified atom stereocenters. The van der Waals surface area contributed by atoms with Crippen LogP contribution in [0.15, 0.2) is 0 Å². The van der Waals surface area contributed by atoms with Gasteiger partial charge in [0.05, 0.1) is 0 Å². The predicted molar refractivity (Wildman–Crippen MR) is 161 cm³/mol. The molecule has 0 radical (unpaired) electrons. The van der Waals surface area contributed by atoms with Crippen molar-refractivity contribution in [3.05, 3.63) is 0 Å². The maximum Gasteiger partial charge on any atom is -0.0298 e. The summed E-state index contributed by atoms with van der Waals surface area (Å²) in [7, 11) is 0. The van der Waals surface area contributed by atoms with Crippen molar-refractivity contribution in [3.63, 3.8) is 0 Å². The summed E-state index contributed by atoms with van der Waals surface area (Å²) in [6, 6.07) is 0. The predicted octanol–water partition coefficient (Wildman–Crippen LogP) is 13.2. The zero-order valence-electron chi connectivity index (χ0n) is 25.5. The lowest BCUT2D eigenvalue weighted by Gasteiger charge is -2.39. The van der Waals surface area contributed by atoms with E-state index in [0.29, 0.717) is 5.41 Å². The first-order chi connectivity index (χ1) is 17.1. The summed E-state index contributed by atoms with van der Waals surface area (Å²) in [5.41, 5.74) is 0.612. The van der Waals surface area contributed by atoms with E-state index in [0.717, 1.165) is 11.8 Å². The number of hydrogen-bond acceptors (Lipinski definition) is 0. The molecule has 0 aliphatic heterocycles. The van der Waals surface area contributed by atoms with Gasteiger partial charge in [-0.15, -0.1) is 0 Å². The summed E-state index contributed by atoms with van der Waals surface area (Å²) in [6.45, 7) is 9.93. The summed E-state index contributed by atoms with van der Waals surface area (Å²) >= 11 is 0. The highest BCUT2D eigenvalue weighted by Crippen LogP contribution is 2.44. The first-order valence-electron chi connectivity index (χ1n) is 17.1. The molecule has 1 fully saturated rings. The van der Waals surface area contributed by atoms with Crippen molar-refractivity contribution in [2.45, 2.75) is 207 Å². The van der Waals surface area contributed by atoms with Crippen LogP contribution in [0.2, 0.25) is 0 Å². The van der Waals surface area contributed by atoms with Gasteiger partial charge in [-0.3, -0.25) is 0 Å². The van der Waals surface area contributed by atoms with Gasteiger partial charge in [0.2, 0.25) is 0 Å². The van der Waals surface area contributed by atoms with Crippen LogP contribution in [0, 0.1) is 17.3 Å². The Kier molecular flexibility index (Phi) is 21.8. The SMILES string of the molecule is CCCCCCCCCCCCCCCC(C)(CCCC)C1CCCCCCC(C)CCCCC1. The molecule has 1 aliphatic carbocycles. The fourth-order valence-electron chi connectivity index (χ4n) is 6.94. The number of rotatable bonds is 18. The van der Waals surface area contributed by atoms with Crippen molar-refractivity contribution in [2.24, 2.45) is 17.3 Å². The van der Waals surface area contributed by atoms with Crippen molar-refractivity contribution >= 4 is 0 Å². The van der Waals surface area contributed by atoms with Crippen LogP contribution < -0.4 is 0 Å². The van der Waals surface area contributed by atoms with Crippen LogP contribution >= 0.6 is 0 Å². The zero-order valence-corrected chi connectivity index (χ0v) is 25.5. The van der Waals surface area contributed by atoms with E-state index >= 15 is 0 Å². The summed E-state index contributed by atoms with van der Waals surface area (Å²) in [5.74, 6) is 1.96. The first kappa shape index (κ1) is 33.0. The highest BCUT2D eigenvalue weighted by atomic mass is 14.4. The second-order valence-electron chi connectivity index (χ2n) is 13.2. The molecule has 0 bridgehead atoms. The van der Waals surface area contributed by atoms with Gasteiger partial charge in [0.15, 0.2) is 0 Å². The third kappa shape index (κ3) is 18.0. The second kappa shape index (κ2) is 23.1. The lowest BCUT2D eigenvalue weighted by Crippen LogP contribution is -2.28. The third-order valence-corrected chi connectivity index (χ3v) is 9.69. The zero-order chi connectivity index (χ0) is 25.5. The van der Waals surface area contributed by atoms with Crippen LogP contribution in [0.5, 0.6) is 0 Å². The van der Waals surface area contributed by atoms with E-state index in [1.807, 2.05) is 0 Å². The van der Waals surface area contributed by atoms with Crippen molar-refractivity contribution in [1.82, 2.24) is 0 Å². The van der Waals surface area contributed by atoms with Crippen LogP contribution in [0.25, 0.3) is 0 Å². The average Bonchev–Trinajstić information content (AvgIpc) is 2.87. The molecule has 0 spiro atoms. The van der Waals surface area contributed by atoms with Crippen LogP contribution in [0.3, 0.4) is 0 Å². The summed E-state index contributed by atoms with van der Waals surface area (Å²) in [5, 5.41) is 0. The molecule has 3 atom stereocenters. The standard InChI is InChI=1S/C35H70/c1-5-7-9-10-11-12-13-14-15-16-17-20-26-32-35(4,31-8-6-2)34-29-24-19-18-22-27-33(3)28-23-21-25-30-34/h33-34H,5-32H2,1-4H3. The number of unbranched alkanes of at least 4 members (excludes halogenated alkanes) is 13. The van der Waals surface area contributed by atoms with Gasteiger partial charge >= 0.3 is 0 Å². The topological polar surface area (TPSA) is 0 Å². The van der Waals surface area contributed by atoms with E-state index < -0.39 is 0 Å². The van der Waals surface area contributed by atoms with Gasteiger partial charge in [0, 0.05) is 0 Å². The molecule has 0 nitrogen and oxygen atoms in total. The lowest BCUT2D eigenvalue weighted by molar-refractivity contribution is 0.119. The van der Waals surface area contributed by atoms with E-state index in [9.17, 15) is 0 Å². The Morgan fingerprint density at radius 2 is 0.829 bits per heavy atom. The summed E-state index contributed by atoms with van der Waals surface area (Å²) in [6.07, 6.45) is 41.4. The van der Waals surface area contributed by atoms with Crippen LogP contribution in [0.4, 0.5) is 0 Å². The van der Waals surface area contributed by atoms with Gasteiger partial charge in [-0.25, -0.2) is 0 Å². The van der Waals surface area contributed by atoms with Crippen molar-refractivity contribution in [3.8, 4) is 0 Å². The summed E-state index contributed by atoms with van der Waals surface area (Å²) < 4.78 is 0. The maximum absolute atomic E-state index is 2.72. The largest absolute Gasteiger partial charge is 0.0654 e. The monoisotopic (exact) mass is 491 g/mol. The van der Waals surface area contributed by atoms with Crippen molar-refractivity contribution in [1.29, 1.82) is 0 Å². The fourth-order valence-corrected chi connectivity index (χ4v) is 6.94. The van der Waals surface area contributed by atoms with Gasteiger partial charge in [0.1, 0.15) is 0 Å². The minimum atomic E-state index is 0.612. The van der Waals surface area contributed by atoms with Gasteiger partial charge in [0.25, 0.3) is 0 Å². The highest BCUT2D eigenvalue weighted by Gasteiger charge is 2.32. The van der Waals surface area contributed by atoms with Crippen LogP contribution in [-0.4, -0.2) is 0 Å². The van der Waals surface area contributed by atoms with Gasteiger partial charge in [-0.2, -0.15) is 0 Å². The average molecular weight is 491 g/mol. The minimum absolute atomic E-state index is 0.612. The molecule has 0 heterocycles. The van der Waals surface area contributed by atoms with Crippen molar-refractivity contribution in [2.75, 3.05) is 0 Å². The Morgan fingerprint density at radius 1 is 0.457 bits per heavy atom. The Balaban J connectivity index is 2.33. The molecule has 0 N–H and O–H groups in total. The van der Waals surface area contributed by atoms with E-state index in [4.69, 9.17) is 0 Å². The Hall–Kier alpha value is 0. The Morgan fingerprint density at radius 3 is 1.31 bits per heavy atom. The molecular weight excluding hydrogens is 420 g/mol. The summed E-state index contributed by atoms with van der Waals surface area (Å²) in [4.78, 5) is 0. The smallest absolute Gasteiger partial charge is 0.0298 e. The number of hydrogen-bond donors (Lipinski definition) is 0. The molecule has 0 aromatic carbocycles. The van der Waals surface area contributed by atoms with Gasteiger partial charge in [-0.1, -0.05) is 182 Å². The molecule has 1 rings (SSSR count). The highest BCUT2D eigenvalue weighted by molar-refractivity contribution is 4.83. The van der Waals surface area contributed by atoms with E-state index in [1.165, 1.54) is 180 Å². The van der Waals surface area contributed by atoms with Gasteiger partial charge in [-0.05, 0) is 42.9 Å². The van der Waals surface area contributed by atoms with E-state index in [2.05, 4.69) is 27.7 Å². The fraction of sp³-hybridized carbons (Fsp3) is 1.00. The molecule has 1 saturated carbocycles. The maximum atomic E-state index is 2.72. The Bertz CT molecular complexity index is 426. The normalized spacial score (nSPS) is 22.6. The Labute approximate surface area is 224 Å². The molecule has 0 amide bonds. The molecular formula is C35H70. The second-order valence-corrected chi connectivity index (χ2v) is 13.2.